The van der Waals surface area contributed by atoms with Gasteiger partial charge in [-0.15, -0.1) is 5.10 Å². The molecule has 0 saturated carbocycles. The summed E-state index contributed by atoms with van der Waals surface area (Å²) in [7, 11) is 3.82. The van der Waals surface area contributed by atoms with Crippen LogP contribution < -0.4 is 9.47 Å². The van der Waals surface area contributed by atoms with Gasteiger partial charge >= 0.3 is 0 Å². The Morgan fingerprint density at radius 2 is 2.00 bits per heavy atom. The Morgan fingerprint density at radius 3 is 2.69 bits per heavy atom. The van der Waals surface area contributed by atoms with Crippen molar-refractivity contribution in [3.8, 4) is 11.5 Å². The van der Waals surface area contributed by atoms with Crippen LogP contribution in [-0.4, -0.2) is 52.4 Å². The number of carbonyl (C=O) groups is 1. The highest BCUT2D eigenvalue weighted by atomic mass is 16.5. The lowest BCUT2D eigenvalue weighted by Gasteiger charge is -2.36. The Bertz CT molecular complexity index is 777. The highest BCUT2D eigenvalue weighted by Gasteiger charge is 2.39. The molecule has 138 valence electrons. The number of carbonyl (C=O) groups excluding carboxylic acids is 1. The summed E-state index contributed by atoms with van der Waals surface area (Å²) in [4.78, 5) is 13.7. The highest BCUT2D eigenvalue weighted by Crippen LogP contribution is 2.39. The van der Waals surface area contributed by atoms with Crippen molar-refractivity contribution in [2.24, 2.45) is 0 Å². The van der Waals surface area contributed by atoms with E-state index in [-0.39, 0.29) is 6.61 Å². The molecule has 2 aliphatic rings. The number of nitrogens with zero attached hydrogens (tertiary/aromatic N) is 4. The topological polar surface area (TPSA) is 69.5 Å². The summed E-state index contributed by atoms with van der Waals surface area (Å²) in [6.45, 7) is 0.271. The van der Waals surface area contributed by atoms with Gasteiger partial charge in [-0.05, 0) is 44.9 Å². The van der Waals surface area contributed by atoms with Crippen LogP contribution >= 0.6 is 0 Å². The lowest BCUT2D eigenvalue weighted by molar-refractivity contribution is 0.111. The number of aromatic nitrogens is 3. The van der Waals surface area contributed by atoms with E-state index in [1.807, 2.05) is 10.9 Å². The summed E-state index contributed by atoms with van der Waals surface area (Å²) >= 11 is 0. The number of hydrogen-bond donors (Lipinski definition) is 0. The number of piperidine rings is 1. The first-order valence-electron chi connectivity index (χ1n) is 9.06. The molecule has 2 bridgehead atoms. The fourth-order valence-corrected chi connectivity index (χ4v) is 4.17. The van der Waals surface area contributed by atoms with E-state index in [2.05, 4.69) is 22.3 Å². The molecule has 2 fully saturated rings. The first-order chi connectivity index (χ1) is 12.7. The predicted octanol–water partition coefficient (Wildman–Crippen LogP) is 2.48. The van der Waals surface area contributed by atoms with E-state index in [4.69, 9.17) is 9.47 Å². The molecule has 2 saturated heterocycles. The van der Waals surface area contributed by atoms with Gasteiger partial charge in [0.1, 0.15) is 23.8 Å². The molecular formula is C19H24N4O3. The molecule has 0 amide bonds. The lowest BCUT2D eigenvalue weighted by Crippen LogP contribution is -2.40. The molecule has 4 rings (SSSR count). The number of rotatable bonds is 6. The molecular weight excluding hydrogens is 332 g/mol. The second-order valence-electron chi connectivity index (χ2n) is 7.18. The monoisotopic (exact) mass is 356 g/mol. The standard InChI is InChI=1S/C19H24N4O3/c1-22-15-4-5-16(22)8-17(7-15)23-10-14(20-21-23)12-26-19-9-18(25-2)6-3-13(19)11-24/h3,6,9-11,15-17H,4-5,7-8,12H2,1-2H3/t15-,16+,17?. The molecule has 26 heavy (non-hydrogen) atoms. The fourth-order valence-electron chi connectivity index (χ4n) is 4.17. The molecule has 1 aromatic heterocycles. The lowest BCUT2D eigenvalue weighted by atomic mass is 9.98. The summed E-state index contributed by atoms with van der Waals surface area (Å²) in [5, 5.41) is 8.57. The van der Waals surface area contributed by atoms with Crippen LogP contribution in [0.15, 0.2) is 24.4 Å². The van der Waals surface area contributed by atoms with Gasteiger partial charge in [0.15, 0.2) is 6.29 Å². The zero-order valence-electron chi connectivity index (χ0n) is 15.2. The third-order valence-corrected chi connectivity index (χ3v) is 5.73. The summed E-state index contributed by atoms with van der Waals surface area (Å²) in [6.07, 6.45) is 7.57. The largest absolute Gasteiger partial charge is 0.497 e. The molecule has 1 aromatic carbocycles. The van der Waals surface area contributed by atoms with Crippen molar-refractivity contribution in [2.75, 3.05) is 14.2 Å². The zero-order valence-corrected chi connectivity index (χ0v) is 15.2. The van der Waals surface area contributed by atoms with Gasteiger partial charge in [-0.3, -0.25) is 4.79 Å². The molecule has 1 unspecified atom stereocenters. The first-order valence-corrected chi connectivity index (χ1v) is 9.06. The number of benzene rings is 1. The quantitative estimate of drug-likeness (QED) is 0.741. The van der Waals surface area contributed by atoms with Gasteiger partial charge in [0.25, 0.3) is 0 Å². The van der Waals surface area contributed by atoms with E-state index < -0.39 is 0 Å². The number of ether oxygens (including phenoxy) is 2. The van der Waals surface area contributed by atoms with E-state index >= 15 is 0 Å². The van der Waals surface area contributed by atoms with Crippen LogP contribution in [0.4, 0.5) is 0 Å². The van der Waals surface area contributed by atoms with Crippen LogP contribution in [0.5, 0.6) is 11.5 Å². The number of methoxy groups -OCH3 is 1. The normalized spacial score (nSPS) is 25.2. The Kier molecular flexibility index (Phi) is 4.63. The smallest absolute Gasteiger partial charge is 0.153 e. The summed E-state index contributed by atoms with van der Waals surface area (Å²) < 4.78 is 13.0. The van der Waals surface area contributed by atoms with Crippen molar-refractivity contribution in [1.82, 2.24) is 19.9 Å². The molecule has 3 atom stereocenters. The molecule has 7 heteroatoms. The fraction of sp³-hybridized carbons (Fsp3) is 0.526. The van der Waals surface area contributed by atoms with Crippen LogP contribution in [0.3, 0.4) is 0 Å². The second kappa shape index (κ2) is 7.07. The highest BCUT2D eigenvalue weighted by molar-refractivity contribution is 5.79. The van der Waals surface area contributed by atoms with Gasteiger partial charge in [-0.25, -0.2) is 4.68 Å². The average Bonchev–Trinajstić information content (AvgIpc) is 3.20. The molecule has 0 N–H and O–H groups in total. The van der Waals surface area contributed by atoms with Gasteiger partial charge in [-0.1, -0.05) is 5.21 Å². The minimum Gasteiger partial charge on any atom is -0.497 e. The number of hydrogen-bond acceptors (Lipinski definition) is 6. The minimum absolute atomic E-state index is 0.271. The number of aldehydes is 1. The maximum Gasteiger partial charge on any atom is 0.153 e. The SMILES string of the molecule is COc1ccc(C=O)c(OCc2cn(C3C[C@H]4CC[C@@H](C3)N4C)nn2)c1. The van der Waals surface area contributed by atoms with Crippen LogP contribution in [0.2, 0.25) is 0 Å². The van der Waals surface area contributed by atoms with Gasteiger partial charge in [0.2, 0.25) is 0 Å². The maximum atomic E-state index is 11.2. The first kappa shape index (κ1) is 17.0. The summed E-state index contributed by atoms with van der Waals surface area (Å²) in [5.74, 6) is 1.14. The van der Waals surface area contributed by atoms with E-state index in [0.29, 0.717) is 35.2 Å². The van der Waals surface area contributed by atoms with Gasteiger partial charge in [0, 0.05) is 18.2 Å². The van der Waals surface area contributed by atoms with E-state index in [9.17, 15) is 4.79 Å². The predicted molar refractivity (Wildman–Crippen MR) is 95.6 cm³/mol. The van der Waals surface area contributed by atoms with E-state index in [0.717, 1.165) is 24.8 Å². The molecule has 0 radical (unpaired) electrons. The molecule has 2 aromatic rings. The minimum atomic E-state index is 0.271. The van der Waals surface area contributed by atoms with Crippen LogP contribution in [-0.2, 0) is 6.61 Å². The van der Waals surface area contributed by atoms with Crippen LogP contribution in [0.1, 0.15) is 47.8 Å². The van der Waals surface area contributed by atoms with Gasteiger partial charge in [0.05, 0.1) is 24.9 Å². The Hall–Kier alpha value is -2.41. The maximum absolute atomic E-state index is 11.2. The second-order valence-corrected chi connectivity index (χ2v) is 7.18. The molecule has 2 aliphatic heterocycles. The van der Waals surface area contributed by atoms with Crippen molar-refractivity contribution >= 4 is 6.29 Å². The van der Waals surface area contributed by atoms with E-state index in [1.54, 1.807) is 25.3 Å². The summed E-state index contributed by atoms with van der Waals surface area (Å²) in [5.41, 5.74) is 1.25. The Labute approximate surface area is 152 Å². The summed E-state index contributed by atoms with van der Waals surface area (Å²) in [6, 6.07) is 6.87. The average molecular weight is 356 g/mol. The van der Waals surface area contributed by atoms with Gasteiger partial charge in [-0.2, -0.15) is 0 Å². The van der Waals surface area contributed by atoms with Crippen LogP contribution in [0, 0.1) is 0 Å². The van der Waals surface area contributed by atoms with Crippen LogP contribution in [0.25, 0.3) is 0 Å². The Balaban J connectivity index is 1.42. The van der Waals surface area contributed by atoms with Crippen molar-refractivity contribution in [1.29, 1.82) is 0 Å². The van der Waals surface area contributed by atoms with Gasteiger partial charge < -0.3 is 14.4 Å². The molecule has 7 nitrogen and oxygen atoms in total. The Morgan fingerprint density at radius 1 is 1.23 bits per heavy atom. The zero-order chi connectivity index (χ0) is 18.1. The number of fused-ring (bicyclic) bond motifs is 2. The third kappa shape index (κ3) is 3.19. The van der Waals surface area contributed by atoms with Crippen molar-refractivity contribution in [2.45, 2.75) is 50.4 Å². The van der Waals surface area contributed by atoms with Crippen molar-refractivity contribution in [3.05, 3.63) is 35.7 Å². The van der Waals surface area contributed by atoms with Crippen molar-refractivity contribution in [3.63, 3.8) is 0 Å². The van der Waals surface area contributed by atoms with E-state index in [1.165, 1.54) is 12.8 Å². The van der Waals surface area contributed by atoms with Crippen molar-refractivity contribution < 1.29 is 14.3 Å². The third-order valence-electron chi connectivity index (χ3n) is 5.73. The molecule has 3 heterocycles. The molecule has 0 aliphatic carbocycles. The molecule has 0 spiro atoms.